The molecule has 1 fully saturated rings. The van der Waals surface area contributed by atoms with Gasteiger partial charge in [0.05, 0.1) is 18.2 Å². The highest BCUT2D eigenvalue weighted by molar-refractivity contribution is 6.32. The second kappa shape index (κ2) is 5.42. The second-order valence-corrected chi connectivity index (χ2v) is 4.61. The summed E-state index contributed by atoms with van der Waals surface area (Å²) in [6.45, 7) is 2.17. The van der Waals surface area contributed by atoms with Crippen LogP contribution in [0.15, 0.2) is 18.2 Å². The Kier molecular flexibility index (Phi) is 3.88. The first-order valence-electron chi connectivity index (χ1n) is 6.26. The van der Waals surface area contributed by atoms with Gasteiger partial charge in [-0.05, 0) is 19.1 Å². The lowest BCUT2D eigenvalue weighted by atomic mass is 9.96. The minimum absolute atomic E-state index is 0.0755. The van der Waals surface area contributed by atoms with E-state index in [1.807, 2.05) is 0 Å². The molecule has 4 nitrogen and oxygen atoms in total. The third-order valence-corrected chi connectivity index (χ3v) is 3.14. The third-order valence-electron chi connectivity index (χ3n) is 3.14. The van der Waals surface area contributed by atoms with E-state index >= 15 is 0 Å². The SMILES string of the molecule is Bc1ccc(N2C[C@H](C(=O)OCC)CC2=O)c(F)c1. The molecule has 0 aliphatic carbocycles. The van der Waals surface area contributed by atoms with Crippen LogP contribution in [0.1, 0.15) is 13.3 Å². The number of benzene rings is 1. The molecule has 0 bridgehead atoms. The van der Waals surface area contributed by atoms with Crippen LogP contribution in [0.5, 0.6) is 0 Å². The van der Waals surface area contributed by atoms with E-state index in [0.717, 1.165) is 5.46 Å². The van der Waals surface area contributed by atoms with Crippen molar-refractivity contribution in [3.8, 4) is 0 Å². The van der Waals surface area contributed by atoms with Gasteiger partial charge in [-0.2, -0.15) is 0 Å². The van der Waals surface area contributed by atoms with Gasteiger partial charge in [-0.1, -0.05) is 11.5 Å². The lowest BCUT2D eigenvalue weighted by Gasteiger charge is -2.17. The average Bonchev–Trinajstić information content (AvgIpc) is 2.72. The quantitative estimate of drug-likeness (QED) is 0.569. The average molecular weight is 263 g/mol. The molecule has 1 saturated heterocycles. The highest BCUT2D eigenvalue weighted by Crippen LogP contribution is 2.27. The van der Waals surface area contributed by atoms with Gasteiger partial charge in [-0.15, -0.1) is 0 Å². The van der Waals surface area contributed by atoms with Crippen LogP contribution in [0.25, 0.3) is 0 Å². The summed E-state index contributed by atoms with van der Waals surface area (Å²) in [7, 11) is 1.78. The molecule has 19 heavy (non-hydrogen) atoms. The summed E-state index contributed by atoms with van der Waals surface area (Å²) in [5, 5.41) is 0. The van der Waals surface area contributed by atoms with Crippen LogP contribution < -0.4 is 10.4 Å². The molecular formula is C13H15BFNO3. The molecule has 0 spiro atoms. The van der Waals surface area contributed by atoms with Crippen LogP contribution in [-0.4, -0.2) is 32.9 Å². The van der Waals surface area contributed by atoms with Crippen molar-refractivity contribution in [2.45, 2.75) is 13.3 Å². The van der Waals surface area contributed by atoms with Crippen LogP contribution in [0.3, 0.4) is 0 Å². The smallest absolute Gasteiger partial charge is 0.311 e. The van der Waals surface area contributed by atoms with Crippen molar-refractivity contribution in [3.05, 3.63) is 24.0 Å². The number of nitrogens with zero attached hydrogens (tertiary/aromatic N) is 1. The van der Waals surface area contributed by atoms with Gasteiger partial charge in [0.15, 0.2) is 0 Å². The van der Waals surface area contributed by atoms with Crippen molar-refractivity contribution in [1.29, 1.82) is 0 Å². The van der Waals surface area contributed by atoms with Crippen molar-refractivity contribution >= 4 is 30.9 Å². The van der Waals surface area contributed by atoms with Crippen LogP contribution in [0, 0.1) is 11.7 Å². The molecule has 0 unspecified atom stereocenters. The zero-order valence-electron chi connectivity index (χ0n) is 11.0. The van der Waals surface area contributed by atoms with Gasteiger partial charge in [0.25, 0.3) is 0 Å². The van der Waals surface area contributed by atoms with E-state index in [4.69, 9.17) is 4.74 Å². The van der Waals surface area contributed by atoms with Gasteiger partial charge in [-0.3, -0.25) is 9.59 Å². The second-order valence-electron chi connectivity index (χ2n) is 4.61. The first kappa shape index (κ1) is 13.6. The Morgan fingerprint density at radius 3 is 2.95 bits per heavy atom. The number of carbonyl (C=O) groups excluding carboxylic acids is 2. The lowest BCUT2D eigenvalue weighted by Crippen LogP contribution is -2.27. The number of hydrogen-bond acceptors (Lipinski definition) is 3. The summed E-state index contributed by atoms with van der Waals surface area (Å²) in [6.07, 6.45) is 0.0755. The molecule has 6 heteroatoms. The first-order valence-corrected chi connectivity index (χ1v) is 6.26. The van der Waals surface area contributed by atoms with Crippen LogP contribution in [0.2, 0.25) is 0 Å². The predicted octanol–water partition coefficient (Wildman–Crippen LogP) is 0.0001000. The Morgan fingerprint density at radius 1 is 1.58 bits per heavy atom. The van der Waals surface area contributed by atoms with E-state index in [2.05, 4.69) is 0 Å². The van der Waals surface area contributed by atoms with E-state index in [1.165, 1.54) is 11.0 Å². The molecule has 1 aromatic carbocycles. The number of ether oxygens (including phenoxy) is 1. The third kappa shape index (κ3) is 2.77. The molecular weight excluding hydrogens is 248 g/mol. The van der Waals surface area contributed by atoms with E-state index < -0.39 is 17.7 Å². The molecule has 1 aliphatic heterocycles. The molecule has 1 atom stereocenters. The van der Waals surface area contributed by atoms with Crippen LogP contribution >= 0.6 is 0 Å². The van der Waals surface area contributed by atoms with E-state index in [1.54, 1.807) is 26.9 Å². The number of carbonyl (C=O) groups is 2. The molecule has 2 rings (SSSR count). The maximum atomic E-state index is 13.8. The summed E-state index contributed by atoms with van der Waals surface area (Å²) < 4.78 is 18.7. The van der Waals surface area contributed by atoms with Crippen LogP contribution in [0.4, 0.5) is 10.1 Å². The standard InChI is InChI=1S/C13H15BFNO3/c1-2-19-13(18)8-5-12(17)16(7-8)11-4-3-9(14)6-10(11)15/h3-4,6,8H,2,5,7,14H2,1H3/t8-/m1/s1. The maximum absolute atomic E-state index is 13.8. The van der Waals surface area contributed by atoms with Gasteiger partial charge in [-0.25, -0.2) is 4.39 Å². The highest BCUT2D eigenvalue weighted by Gasteiger charge is 2.36. The Balaban J connectivity index is 2.18. The summed E-state index contributed by atoms with van der Waals surface area (Å²) in [5.41, 5.74) is 1.01. The molecule has 1 aliphatic rings. The monoisotopic (exact) mass is 263 g/mol. The Morgan fingerprint density at radius 2 is 2.32 bits per heavy atom. The number of anilines is 1. The minimum atomic E-state index is -0.506. The Labute approximate surface area is 111 Å². The number of halogens is 1. The van der Waals surface area contributed by atoms with Gasteiger partial charge in [0, 0.05) is 13.0 Å². The molecule has 1 heterocycles. The fourth-order valence-corrected chi connectivity index (χ4v) is 2.19. The number of hydrogen-bond donors (Lipinski definition) is 0. The minimum Gasteiger partial charge on any atom is -0.466 e. The van der Waals surface area contributed by atoms with Crippen molar-refractivity contribution in [2.24, 2.45) is 5.92 Å². The maximum Gasteiger partial charge on any atom is 0.311 e. The van der Waals surface area contributed by atoms with Crippen LogP contribution in [-0.2, 0) is 14.3 Å². The molecule has 0 aromatic heterocycles. The molecule has 1 amide bonds. The summed E-state index contributed by atoms with van der Waals surface area (Å²) in [4.78, 5) is 24.8. The van der Waals surface area contributed by atoms with Gasteiger partial charge in [0.1, 0.15) is 13.7 Å². The Hall–Kier alpha value is -1.85. The number of rotatable bonds is 3. The topological polar surface area (TPSA) is 46.6 Å². The van der Waals surface area contributed by atoms with Gasteiger partial charge in [0.2, 0.25) is 5.91 Å². The summed E-state index contributed by atoms with van der Waals surface area (Å²) >= 11 is 0. The highest BCUT2D eigenvalue weighted by atomic mass is 19.1. The summed E-state index contributed by atoms with van der Waals surface area (Å²) in [5.74, 6) is -1.60. The summed E-state index contributed by atoms with van der Waals surface area (Å²) in [6, 6.07) is 4.68. The van der Waals surface area contributed by atoms with E-state index in [9.17, 15) is 14.0 Å². The fraction of sp³-hybridized carbons (Fsp3) is 0.385. The van der Waals surface area contributed by atoms with E-state index in [-0.39, 0.29) is 31.2 Å². The number of esters is 1. The zero-order chi connectivity index (χ0) is 14.0. The Bertz CT molecular complexity index is 521. The lowest BCUT2D eigenvalue weighted by molar-refractivity contribution is -0.147. The van der Waals surface area contributed by atoms with Crippen molar-refractivity contribution < 1.29 is 18.7 Å². The van der Waals surface area contributed by atoms with Crippen molar-refractivity contribution in [3.63, 3.8) is 0 Å². The largest absolute Gasteiger partial charge is 0.466 e. The molecule has 0 radical (unpaired) electrons. The normalized spacial score (nSPS) is 18.7. The van der Waals surface area contributed by atoms with Gasteiger partial charge >= 0.3 is 5.97 Å². The van der Waals surface area contributed by atoms with E-state index in [0.29, 0.717) is 0 Å². The van der Waals surface area contributed by atoms with Crippen molar-refractivity contribution in [2.75, 3.05) is 18.1 Å². The first-order chi connectivity index (χ1) is 9.02. The fourth-order valence-electron chi connectivity index (χ4n) is 2.19. The van der Waals surface area contributed by atoms with Gasteiger partial charge < -0.3 is 9.64 Å². The molecule has 1 aromatic rings. The number of amides is 1. The predicted molar refractivity (Wildman–Crippen MR) is 71.7 cm³/mol. The zero-order valence-corrected chi connectivity index (χ0v) is 11.0. The van der Waals surface area contributed by atoms with Crippen molar-refractivity contribution in [1.82, 2.24) is 0 Å². The molecule has 0 saturated carbocycles. The molecule has 0 N–H and O–H groups in total. The molecule has 100 valence electrons.